The second-order valence-electron chi connectivity index (χ2n) is 3.64. The van der Waals surface area contributed by atoms with Gasteiger partial charge in [-0.25, -0.2) is 4.79 Å². The van der Waals surface area contributed by atoms with E-state index in [0.29, 0.717) is 5.56 Å². The number of amides is 1. The van der Waals surface area contributed by atoms with Gasteiger partial charge in [-0.15, -0.1) is 10.2 Å². The number of ether oxygens (including phenoxy) is 1. The molecule has 0 saturated carbocycles. The third-order valence-corrected chi connectivity index (χ3v) is 2.11. The first-order chi connectivity index (χ1) is 9.44. The Morgan fingerprint density at radius 3 is 2.55 bits per heavy atom. The average Bonchev–Trinajstić information content (AvgIpc) is 2.90. The van der Waals surface area contributed by atoms with E-state index in [9.17, 15) is 18.0 Å². The average molecular weight is 287 g/mol. The van der Waals surface area contributed by atoms with Gasteiger partial charge in [-0.2, -0.15) is 13.2 Å². The third-order valence-electron chi connectivity index (χ3n) is 2.11. The second kappa shape index (κ2) is 5.59. The fraction of sp³-hybridized carbons (Fsp3) is 0.182. The minimum atomic E-state index is -4.56. The summed E-state index contributed by atoms with van der Waals surface area (Å²) in [4.78, 5) is 11.1. The van der Waals surface area contributed by atoms with Crippen molar-refractivity contribution in [2.24, 2.45) is 0 Å². The van der Waals surface area contributed by atoms with Crippen molar-refractivity contribution in [2.45, 2.75) is 6.18 Å². The van der Waals surface area contributed by atoms with Crippen LogP contribution >= 0.6 is 0 Å². The van der Waals surface area contributed by atoms with Gasteiger partial charge in [0, 0.05) is 11.3 Å². The lowest BCUT2D eigenvalue weighted by Gasteiger charge is -2.09. The number of rotatable bonds is 3. The van der Waals surface area contributed by atoms with Crippen molar-refractivity contribution in [1.82, 2.24) is 10.2 Å². The Labute approximate surface area is 110 Å². The van der Waals surface area contributed by atoms with Crippen molar-refractivity contribution >= 4 is 11.8 Å². The molecule has 106 valence electrons. The summed E-state index contributed by atoms with van der Waals surface area (Å²) in [6.45, 7) is -1.64. The maximum atomic E-state index is 11.8. The molecular weight excluding hydrogens is 279 g/mol. The Balaban J connectivity index is 1.92. The van der Waals surface area contributed by atoms with E-state index in [0.717, 1.165) is 6.39 Å². The van der Waals surface area contributed by atoms with Gasteiger partial charge >= 0.3 is 12.3 Å². The van der Waals surface area contributed by atoms with Gasteiger partial charge in [0.25, 0.3) is 0 Å². The van der Waals surface area contributed by atoms with Crippen molar-refractivity contribution in [3.63, 3.8) is 0 Å². The van der Waals surface area contributed by atoms with Crippen LogP contribution in [0.3, 0.4) is 0 Å². The molecule has 9 heteroatoms. The molecule has 0 radical (unpaired) electrons. The van der Waals surface area contributed by atoms with Crippen LogP contribution in [0, 0.1) is 0 Å². The van der Waals surface area contributed by atoms with Gasteiger partial charge in [-0.1, -0.05) is 0 Å². The maximum Gasteiger partial charge on any atom is 0.422 e. The number of carbonyl (C=O) groups is 1. The number of hydrogen-bond acceptors (Lipinski definition) is 5. The lowest BCUT2D eigenvalue weighted by Crippen LogP contribution is -2.23. The van der Waals surface area contributed by atoms with Gasteiger partial charge in [-0.3, -0.25) is 5.32 Å². The molecule has 0 saturated heterocycles. The first-order valence-electron chi connectivity index (χ1n) is 5.31. The van der Waals surface area contributed by atoms with Gasteiger partial charge in [0.15, 0.2) is 6.61 Å². The summed E-state index contributed by atoms with van der Waals surface area (Å²) in [7, 11) is 0. The first kappa shape index (κ1) is 13.8. The summed E-state index contributed by atoms with van der Waals surface area (Å²) in [6, 6.07) is 6.06. The Kier molecular flexibility index (Phi) is 3.87. The van der Waals surface area contributed by atoms with Crippen molar-refractivity contribution in [3.05, 3.63) is 30.7 Å². The highest BCUT2D eigenvalue weighted by Gasteiger charge is 2.29. The van der Waals surface area contributed by atoms with E-state index in [1.807, 2.05) is 0 Å². The summed E-state index contributed by atoms with van der Waals surface area (Å²) >= 11 is 0. The molecule has 1 amide bonds. The topological polar surface area (TPSA) is 77.3 Å². The smallest absolute Gasteiger partial charge is 0.422 e. The molecule has 1 aromatic heterocycles. The van der Waals surface area contributed by atoms with Crippen LogP contribution in [-0.4, -0.2) is 29.1 Å². The molecule has 0 spiro atoms. The molecule has 0 unspecified atom stereocenters. The van der Waals surface area contributed by atoms with Crippen LogP contribution in [0.4, 0.5) is 23.7 Å². The minimum Gasteiger partial charge on any atom is -0.440 e. The zero-order valence-corrected chi connectivity index (χ0v) is 9.85. The van der Waals surface area contributed by atoms with Gasteiger partial charge in [0.2, 0.25) is 12.3 Å². The van der Waals surface area contributed by atoms with E-state index >= 15 is 0 Å². The van der Waals surface area contributed by atoms with Gasteiger partial charge in [-0.05, 0) is 24.3 Å². The maximum absolute atomic E-state index is 11.8. The predicted molar refractivity (Wildman–Crippen MR) is 60.8 cm³/mol. The molecule has 0 atom stereocenters. The molecule has 1 aromatic carbocycles. The molecule has 0 aliphatic rings. The Hall–Kier alpha value is -2.58. The quantitative estimate of drug-likeness (QED) is 0.939. The van der Waals surface area contributed by atoms with Crippen LogP contribution in [0.15, 0.2) is 35.1 Å². The molecule has 6 nitrogen and oxygen atoms in total. The lowest BCUT2D eigenvalue weighted by atomic mass is 10.2. The minimum absolute atomic E-state index is 0.278. The fourth-order valence-corrected chi connectivity index (χ4v) is 1.30. The summed E-state index contributed by atoms with van der Waals surface area (Å²) < 4.78 is 44.5. The molecule has 1 heterocycles. The SMILES string of the molecule is O=C(Nc1ccc(-c2nnco2)cc1)OCC(F)(F)F. The lowest BCUT2D eigenvalue weighted by molar-refractivity contribution is -0.159. The van der Waals surface area contributed by atoms with Crippen molar-refractivity contribution in [1.29, 1.82) is 0 Å². The first-order valence-corrected chi connectivity index (χ1v) is 5.31. The van der Waals surface area contributed by atoms with Crippen LogP contribution in [-0.2, 0) is 4.74 Å². The Bertz CT molecular complexity index is 567. The van der Waals surface area contributed by atoms with Crippen LogP contribution in [0.25, 0.3) is 11.5 Å². The number of alkyl halides is 3. The molecular formula is C11H8F3N3O3. The fourth-order valence-electron chi connectivity index (χ4n) is 1.30. The third kappa shape index (κ3) is 3.97. The molecule has 20 heavy (non-hydrogen) atoms. The number of benzene rings is 1. The molecule has 2 aromatic rings. The van der Waals surface area contributed by atoms with Gasteiger partial charge < -0.3 is 9.15 Å². The molecule has 2 rings (SSSR count). The number of anilines is 1. The van der Waals surface area contributed by atoms with Crippen molar-refractivity contribution in [3.8, 4) is 11.5 Å². The van der Waals surface area contributed by atoms with E-state index in [1.54, 1.807) is 12.1 Å². The van der Waals surface area contributed by atoms with Crippen molar-refractivity contribution < 1.29 is 27.1 Å². The molecule has 0 aliphatic heterocycles. The summed E-state index contributed by atoms with van der Waals surface area (Å²) in [5, 5.41) is 9.34. The zero-order valence-electron chi connectivity index (χ0n) is 9.85. The van der Waals surface area contributed by atoms with E-state index in [-0.39, 0.29) is 11.6 Å². The number of nitrogens with one attached hydrogen (secondary N) is 1. The molecule has 0 aliphatic carbocycles. The van der Waals surface area contributed by atoms with Gasteiger partial charge in [0.1, 0.15) is 0 Å². The van der Waals surface area contributed by atoms with E-state index < -0.39 is 18.9 Å². The van der Waals surface area contributed by atoms with E-state index in [2.05, 4.69) is 20.3 Å². The monoisotopic (exact) mass is 287 g/mol. The summed E-state index contributed by atoms with van der Waals surface area (Å²) in [5.74, 6) is 0.288. The zero-order chi connectivity index (χ0) is 14.6. The van der Waals surface area contributed by atoms with Crippen LogP contribution in [0.2, 0.25) is 0 Å². The predicted octanol–water partition coefficient (Wildman–Crippen LogP) is 2.85. The Morgan fingerprint density at radius 1 is 1.30 bits per heavy atom. The van der Waals surface area contributed by atoms with Crippen LogP contribution in [0.1, 0.15) is 0 Å². The van der Waals surface area contributed by atoms with Crippen LogP contribution < -0.4 is 5.32 Å². The number of nitrogens with zero attached hydrogens (tertiary/aromatic N) is 2. The van der Waals surface area contributed by atoms with Crippen LogP contribution in [0.5, 0.6) is 0 Å². The highest BCUT2D eigenvalue weighted by atomic mass is 19.4. The summed E-state index contributed by atoms with van der Waals surface area (Å²) in [5.41, 5.74) is 0.886. The number of carbonyl (C=O) groups excluding carboxylic acids is 1. The molecule has 1 N–H and O–H groups in total. The highest BCUT2D eigenvalue weighted by molar-refractivity contribution is 5.84. The standard InChI is InChI=1S/C11H8F3N3O3/c12-11(13,14)5-19-10(18)16-8-3-1-7(2-4-8)9-17-15-6-20-9/h1-4,6H,5H2,(H,16,18). The normalized spacial score (nSPS) is 11.2. The van der Waals surface area contributed by atoms with Gasteiger partial charge in [0.05, 0.1) is 0 Å². The highest BCUT2D eigenvalue weighted by Crippen LogP contribution is 2.19. The molecule has 0 bridgehead atoms. The second-order valence-corrected chi connectivity index (χ2v) is 3.64. The number of hydrogen-bond donors (Lipinski definition) is 1. The molecule has 0 fully saturated rings. The number of halogens is 3. The largest absolute Gasteiger partial charge is 0.440 e. The Morgan fingerprint density at radius 2 is 2.00 bits per heavy atom. The van der Waals surface area contributed by atoms with E-state index in [1.165, 1.54) is 12.1 Å². The number of aromatic nitrogens is 2. The van der Waals surface area contributed by atoms with E-state index in [4.69, 9.17) is 4.42 Å². The summed E-state index contributed by atoms with van der Waals surface area (Å²) in [6.07, 6.45) is -4.58. The van der Waals surface area contributed by atoms with Crippen molar-refractivity contribution in [2.75, 3.05) is 11.9 Å².